The molecule has 94 valence electrons. The van der Waals surface area contributed by atoms with Crippen LogP contribution in [0.4, 0.5) is 0 Å². The minimum Gasteiger partial charge on any atom is -0.356 e. The van der Waals surface area contributed by atoms with Crippen LogP contribution in [0.5, 0.6) is 0 Å². The molecule has 2 heteroatoms. The highest BCUT2D eigenvalue weighted by molar-refractivity contribution is 5.73. The standard InChI is InChI=1S/C17H15NO/c1-2-12-4-3-5-13(8-12)9-14-6-7-17-16(14)10-15(11-19)18-17/h1,3-5,8,10-11,14,18H,6-7,9H2. The van der Waals surface area contributed by atoms with Crippen LogP contribution in [0.25, 0.3) is 0 Å². The molecule has 0 amide bonds. The zero-order valence-corrected chi connectivity index (χ0v) is 10.6. The molecule has 0 bridgehead atoms. The van der Waals surface area contributed by atoms with Gasteiger partial charge < -0.3 is 4.98 Å². The second kappa shape index (κ2) is 4.78. The van der Waals surface area contributed by atoms with E-state index in [1.54, 1.807) is 0 Å². The number of carbonyl (C=O) groups excluding carboxylic acids is 1. The van der Waals surface area contributed by atoms with Gasteiger partial charge in [-0.2, -0.15) is 0 Å². The van der Waals surface area contributed by atoms with Crippen molar-refractivity contribution < 1.29 is 4.79 Å². The van der Waals surface area contributed by atoms with Crippen LogP contribution in [0.1, 0.15) is 45.2 Å². The lowest BCUT2D eigenvalue weighted by Crippen LogP contribution is -1.98. The maximum absolute atomic E-state index is 10.8. The SMILES string of the molecule is C#Cc1cccc(CC2CCc3[nH]c(C=O)cc32)c1. The molecule has 0 fully saturated rings. The molecule has 1 aromatic heterocycles. The van der Waals surface area contributed by atoms with Crippen LogP contribution in [-0.2, 0) is 12.8 Å². The summed E-state index contributed by atoms with van der Waals surface area (Å²) in [4.78, 5) is 14.0. The number of hydrogen-bond donors (Lipinski definition) is 1. The fourth-order valence-electron chi connectivity index (χ4n) is 2.93. The quantitative estimate of drug-likeness (QED) is 0.658. The van der Waals surface area contributed by atoms with Crippen molar-refractivity contribution in [2.24, 2.45) is 0 Å². The summed E-state index contributed by atoms with van der Waals surface area (Å²) in [5, 5.41) is 0. The van der Waals surface area contributed by atoms with E-state index in [9.17, 15) is 4.79 Å². The molecular formula is C17H15NO. The van der Waals surface area contributed by atoms with Crippen LogP contribution in [0, 0.1) is 12.3 Å². The Morgan fingerprint density at radius 1 is 1.42 bits per heavy atom. The van der Waals surface area contributed by atoms with Gasteiger partial charge in [0.2, 0.25) is 0 Å². The van der Waals surface area contributed by atoms with Crippen molar-refractivity contribution in [2.45, 2.75) is 25.2 Å². The number of terminal acetylenes is 1. The van der Waals surface area contributed by atoms with E-state index in [0.717, 1.165) is 31.1 Å². The lowest BCUT2D eigenvalue weighted by molar-refractivity contribution is 0.111. The van der Waals surface area contributed by atoms with Gasteiger partial charge in [-0.05, 0) is 54.5 Å². The fraction of sp³-hybridized carbons (Fsp3) is 0.235. The number of rotatable bonds is 3. The summed E-state index contributed by atoms with van der Waals surface area (Å²) >= 11 is 0. The summed E-state index contributed by atoms with van der Waals surface area (Å²) in [5.74, 6) is 3.17. The maximum atomic E-state index is 10.8. The summed E-state index contributed by atoms with van der Waals surface area (Å²) in [5.41, 5.74) is 5.40. The molecule has 0 radical (unpaired) electrons. The fourth-order valence-corrected chi connectivity index (χ4v) is 2.93. The second-order valence-corrected chi connectivity index (χ2v) is 5.06. The summed E-state index contributed by atoms with van der Waals surface area (Å²) in [6, 6.07) is 10.1. The predicted octanol–water partition coefficient (Wildman–Crippen LogP) is 3.08. The van der Waals surface area contributed by atoms with Crippen molar-refractivity contribution in [1.82, 2.24) is 4.98 Å². The van der Waals surface area contributed by atoms with Crippen LogP contribution >= 0.6 is 0 Å². The number of fused-ring (bicyclic) bond motifs is 1. The zero-order chi connectivity index (χ0) is 13.2. The average molecular weight is 249 g/mol. The first kappa shape index (κ1) is 11.8. The number of aromatic amines is 1. The smallest absolute Gasteiger partial charge is 0.166 e. The number of benzene rings is 1. The lowest BCUT2D eigenvalue weighted by atomic mass is 9.94. The maximum Gasteiger partial charge on any atom is 0.166 e. The number of hydrogen-bond acceptors (Lipinski definition) is 1. The molecule has 1 aliphatic carbocycles. The van der Waals surface area contributed by atoms with E-state index < -0.39 is 0 Å². The van der Waals surface area contributed by atoms with Gasteiger partial charge in [-0.3, -0.25) is 4.79 Å². The van der Waals surface area contributed by atoms with E-state index in [0.29, 0.717) is 11.6 Å². The van der Waals surface area contributed by atoms with E-state index in [4.69, 9.17) is 6.42 Å². The van der Waals surface area contributed by atoms with Gasteiger partial charge in [0.25, 0.3) is 0 Å². The normalized spacial score (nSPS) is 16.9. The van der Waals surface area contributed by atoms with Crippen molar-refractivity contribution in [3.8, 4) is 12.3 Å². The number of aryl methyl sites for hydroxylation is 1. The number of H-pyrrole nitrogens is 1. The van der Waals surface area contributed by atoms with E-state index in [2.05, 4.69) is 23.0 Å². The average Bonchev–Trinajstić information content (AvgIpc) is 3.01. The summed E-state index contributed by atoms with van der Waals surface area (Å²) in [6.07, 6.45) is 9.47. The molecule has 3 rings (SSSR count). The monoisotopic (exact) mass is 249 g/mol. The third-order valence-corrected chi connectivity index (χ3v) is 3.84. The molecule has 2 nitrogen and oxygen atoms in total. The Morgan fingerprint density at radius 2 is 2.32 bits per heavy atom. The van der Waals surface area contributed by atoms with Crippen LogP contribution in [0.2, 0.25) is 0 Å². The Kier molecular flexibility index (Phi) is 2.97. The first-order chi connectivity index (χ1) is 9.30. The number of carbonyl (C=O) groups is 1. The largest absolute Gasteiger partial charge is 0.356 e. The first-order valence-corrected chi connectivity index (χ1v) is 6.52. The van der Waals surface area contributed by atoms with Gasteiger partial charge in [0.05, 0.1) is 5.69 Å². The van der Waals surface area contributed by atoms with Crippen molar-refractivity contribution in [3.05, 3.63) is 58.4 Å². The first-order valence-electron chi connectivity index (χ1n) is 6.52. The van der Waals surface area contributed by atoms with Gasteiger partial charge in [-0.1, -0.05) is 18.1 Å². The van der Waals surface area contributed by atoms with Crippen LogP contribution in [-0.4, -0.2) is 11.3 Å². The highest BCUT2D eigenvalue weighted by atomic mass is 16.1. The van der Waals surface area contributed by atoms with Gasteiger partial charge in [-0.15, -0.1) is 6.42 Å². The number of aldehydes is 1. The predicted molar refractivity (Wildman–Crippen MR) is 75.3 cm³/mol. The Balaban J connectivity index is 1.84. The van der Waals surface area contributed by atoms with Crippen LogP contribution in [0.15, 0.2) is 30.3 Å². The number of nitrogens with one attached hydrogen (secondary N) is 1. The number of aromatic nitrogens is 1. The van der Waals surface area contributed by atoms with Crippen molar-refractivity contribution in [3.63, 3.8) is 0 Å². The molecule has 1 atom stereocenters. The molecule has 0 spiro atoms. The van der Waals surface area contributed by atoms with Crippen molar-refractivity contribution in [1.29, 1.82) is 0 Å². The lowest BCUT2D eigenvalue weighted by Gasteiger charge is -2.10. The third kappa shape index (κ3) is 2.20. The highest BCUT2D eigenvalue weighted by Crippen LogP contribution is 2.35. The van der Waals surface area contributed by atoms with Gasteiger partial charge in [0.1, 0.15) is 0 Å². The molecule has 0 aliphatic heterocycles. The van der Waals surface area contributed by atoms with E-state index in [1.165, 1.54) is 16.8 Å². The minimum absolute atomic E-state index is 0.493. The second-order valence-electron chi connectivity index (χ2n) is 5.06. The Hall–Kier alpha value is -2.27. The molecule has 1 heterocycles. The zero-order valence-electron chi connectivity index (χ0n) is 10.6. The Bertz CT molecular complexity index is 660. The molecule has 1 aliphatic rings. The van der Waals surface area contributed by atoms with Crippen molar-refractivity contribution >= 4 is 6.29 Å². The molecule has 19 heavy (non-hydrogen) atoms. The molecule has 1 unspecified atom stereocenters. The highest BCUT2D eigenvalue weighted by Gasteiger charge is 2.24. The third-order valence-electron chi connectivity index (χ3n) is 3.84. The topological polar surface area (TPSA) is 32.9 Å². The molecule has 2 aromatic rings. The van der Waals surface area contributed by atoms with E-state index in [-0.39, 0.29) is 0 Å². The van der Waals surface area contributed by atoms with Gasteiger partial charge in [0, 0.05) is 11.3 Å². The molecular weight excluding hydrogens is 234 g/mol. The minimum atomic E-state index is 0.493. The summed E-state index contributed by atoms with van der Waals surface area (Å²) in [6.45, 7) is 0. The van der Waals surface area contributed by atoms with Gasteiger partial charge in [0.15, 0.2) is 6.29 Å². The molecule has 0 saturated carbocycles. The Labute approximate surface area is 112 Å². The van der Waals surface area contributed by atoms with Crippen molar-refractivity contribution in [2.75, 3.05) is 0 Å². The van der Waals surface area contributed by atoms with Crippen LogP contribution < -0.4 is 0 Å². The summed E-state index contributed by atoms with van der Waals surface area (Å²) < 4.78 is 0. The Morgan fingerprint density at radius 3 is 3.11 bits per heavy atom. The van der Waals surface area contributed by atoms with E-state index in [1.807, 2.05) is 18.2 Å². The van der Waals surface area contributed by atoms with Crippen LogP contribution in [0.3, 0.4) is 0 Å². The molecule has 0 saturated heterocycles. The van der Waals surface area contributed by atoms with E-state index >= 15 is 0 Å². The van der Waals surface area contributed by atoms with Gasteiger partial charge in [-0.25, -0.2) is 0 Å². The molecule has 1 aromatic carbocycles. The van der Waals surface area contributed by atoms with Gasteiger partial charge >= 0.3 is 0 Å². The summed E-state index contributed by atoms with van der Waals surface area (Å²) in [7, 11) is 0. The molecule has 1 N–H and O–H groups in total.